The molecule has 0 fully saturated rings. The molecule has 1 rings (SSSR count). The number of hydrogen-bond donors (Lipinski definition) is 1. The van der Waals surface area contributed by atoms with Gasteiger partial charge in [0.05, 0.1) is 19.6 Å². The number of nitrogens with zero attached hydrogens (tertiary/aromatic N) is 1. The van der Waals surface area contributed by atoms with E-state index in [9.17, 15) is 9.90 Å². The summed E-state index contributed by atoms with van der Waals surface area (Å²) in [6.07, 6.45) is 0.598. The molecule has 0 saturated heterocycles. The summed E-state index contributed by atoms with van der Waals surface area (Å²) in [6, 6.07) is 3.40. The van der Waals surface area contributed by atoms with Crippen LogP contribution in [0.3, 0.4) is 0 Å². The first-order valence-electron chi connectivity index (χ1n) is 4.00. The fourth-order valence-corrected chi connectivity index (χ4v) is 1.18. The van der Waals surface area contributed by atoms with E-state index in [0.717, 1.165) is 0 Å². The number of hydrogen-bond acceptors (Lipinski definition) is 4. The normalized spacial score (nSPS) is 12.2. The highest BCUT2D eigenvalue weighted by Gasteiger charge is 2.13. The molecule has 1 aromatic rings. The summed E-state index contributed by atoms with van der Waals surface area (Å²) in [5.41, 5.74) is 0.596. The Morgan fingerprint density at radius 1 is 1.71 bits per heavy atom. The SMILES string of the molecule is COC(=O)CC(O)c1ccc(Br)nc1. The van der Waals surface area contributed by atoms with Gasteiger partial charge in [0.25, 0.3) is 0 Å². The highest BCUT2D eigenvalue weighted by atomic mass is 79.9. The Morgan fingerprint density at radius 2 is 2.43 bits per heavy atom. The zero-order valence-corrected chi connectivity index (χ0v) is 9.19. The van der Waals surface area contributed by atoms with Gasteiger partial charge in [-0.05, 0) is 27.6 Å². The van der Waals surface area contributed by atoms with Gasteiger partial charge in [0, 0.05) is 6.20 Å². The summed E-state index contributed by atoms with van der Waals surface area (Å²) < 4.78 is 5.12. The smallest absolute Gasteiger partial charge is 0.308 e. The number of halogens is 1. The van der Waals surface area contributed by atoms with Crippen LogP contribution < -0.4 is 0 Å². The third-order valence-corrected chi connectivity index (χ3v) is 2.19. The lowest BCUT2D eigenvalue weighted by atomic mass is 10.1. The number of aliphatic hydroxyl groups excluding tert-OH is 1. The molecule has 1 unspecified atom stereocenters. The van der Waals surface area contributed by atoms with Crippen LogP contribution in [0.2, 0.25) is 0 Å². The number of methoxy groups -OCH3 is 1. The fourth-order valence-electron chi connectivity index (χ4n) is 0.943. The van der Waals surface area contributed by atoms with Gasteiger partial charge >= 0.3 is 5.97 Å². The minimum absolute atomic E-state index is 0.0557. The molecule has 1 N–H and O–H groups in total. The number of ether oxygens (including phenoxy) is 1. The lowest BCUT2D eigenvalue weighted by Gasteiger charge is -2.08. The monoisotopic (exact) mass is 259 g/mol. The Kier molecular flexibility index (Phi) is 4.03. The standard InChI is InChI=1S/C9H10BrNO3/c1-14-9(13)4-7(12)6-2-3-8(10)11-5-6/h2-3,5,7,12H,4H2,1H3. The fraction of sp³-hybridized carbons (Fsp3) is 0.333. The summed E-state index contributed by atoms with van der Waals surface area (Å²) in [5, 5.41) is 9.56. The van der Waals surface area contributed by atoms with Crippen LogP contribution in [0.4, 0.5) is 0 Å². The Balaban J connectivity index is 2.65. The minimum Gasteiger partial charge on any atom is -0.469 e. The molecule has 0 bridgehead atoms. The second-order valence-electron chi connectivity index (χ2n) is 2.71. The molecule has 1 atom stereocenters. The Morgan fingerprint density at radius 3 is 2.93 bits per heavy atom. The first-order valence-corrected chi connectivity index (χ1v) is 4.79. The molecular weight excluding hydrogens is 250 g/mol. The van der Waals surface area contributed by atoms with Crippen molar-refractivity contribution >= 4 is 21.9 Å². The van der Waals surface area contributed by atoms with Crippen LogP contribution in [0.1, 0.15) is 18.1 Å². The molecule has 0 spiro atoms. The molecule has 0 aliphatic carbocycles. The number of pyridine rings is 1. The van der Waals surface area contributed by atoms with Gasteiger partial charge in [-0.25, -0.2) is 4.98 Å². The number of aromatic nitrogens is 1. The molecule has 76 valence electrons. The van der Waals surface area contributed by atoms with Crippen LogP contribution in [0.5, 0.6) is 0 Å². The molecular formula is C9H10BrNO3. The average Bonchev–Trinajstić information content (AvgIpc) is 2.18. The van der Waals surface area contributed by atoms with Gasteiger partial charge in [-0.15, -0.1) is 0 Å². The zero-order chi connectivity index (χ0) is 10.6. The summed E-state index contributed by atoms with van der Waals surface area (Å²) in [7, 11) is 1.29. The van der Waals surface area contributed by atoms with Crippen LogP contribution in [-0.2, 0) is 9.53 Å². The van der Waals surface area contributed by atoms with Gasteiger partial charge in [0.1, 0.15) is 4.60 Å². The molecule has 0 aromatic carbocycles. The van der Waals surface area contributed by atoms with Crippen molar-refractivity contribution in [3.63, 3.8) is 0 Å². The Hall–Kier alpha value is -0.940. The highest BCUT2D eigenvalue weighted by Crippen LogP contribution is 2.17. The van der Waals surface area contributed by atoms with Gasteiger partial charge in [-0.2, -0.15) is 0 Å². The van der Waals surface area contributed by atoms with E-state index in [1.54, 1.807) is 12.1 Å². The van der Waals surface area contributed by atoms with Crippen molar-refractivity contribution in [3.8, 4) is 0 Å². The number of carbonyl (C=O) groups excluding carboxylic acids is 1. The van der Waals surface area contributed by atoms with Crippen molar-refractivity contribution in [3.05, 3.63) is 28.5 Å². The van der Waals surface area contributed by atoms with E-state index in [-0.39, 0.29) is 6.42 Å². The molecule has 0 saturated carbocycles. The maximum atomic E-state index is 10.9. The second kappa shape index (κ2) is 5.07. The number of carbonyl (C=O) groups is 1. The average molecular weight is 260 g/mol. The van der Waals surface area contributed by atoms with Crippen molar-refractivity contribution < 1.29 is 14.6 Å². The lowest BCUT2D eigenvalue weighted by molar-refractivity contribution is -0.142. The summed E-state index contributed by atoms with van der Waals surface area (Å²) in [6.45, 7) is 0. The molecule has 0 amide bonds. The van der Waals surface area contributed by atoms with Crippen molar-refractivity contribution in [2.75, 3.05) is 7.11 Å². The van der Waals surface area contributed by atoms with E-state index in [1.165, 1.54) is 13.3 Å². The quantitative estimate of drug-likeness (QED) is 0.660. The van der Waals surface area contributed by atoms with Gasteiger partial charge < -0.3 is 9.84 Å². The van der Waals surface area contributed by atoms with Crippen LogP contribution in [0, 0.1) is 0 Å². The van der Waals surface area contributed by atoms with E-state index >= 15 is 0 Å². The zero-order valence-electron chi connectivity index (χ0n) is 7.61. The molecule has 4 nitrogen and oxygen atoms in total. The van der Waals surface area contributed by atoms with Gasteiger partial charge in [0.2, 0.25) is 0 Å². The second-order valence-corrected chi connectivity index (χ2v) is 3.52. The molecule has 0 aliphatic rings. The van der Waals surface area contributed by atoms with Crippen LogP contribution in [0.15, 0.2) is 22.9 Å². The van der Waals surface area contributed by atoms with E-state index in [2.05, 4.69) is 25.7 Å². The molecule has 1 aromatic heterocycles. The topological polar surface area (TPSA) is 59.4 Å². The van der Waals surface area contributed by atoms with Gasteiger partial charge in [-0.3, -0.25) is 4.79 Å². The number of rotatable bonds is 3. The molecule has 0 aliphatic heterocycles. The van der Waals surface area contributed by atoms with Crippen molar-refractivity contribution in [2.24, 2.45) is 0 Å². The first-order chi connectivity index (χ1) is 6.63. The predicted molar refractivity (Wildman–Crippen MR) is 53.5 cm³/mol. The Bertz CT molecular complexity index is 312. The maximum absolute atomic E-state index is 10.9. The number of aliphatic hydroxyl groups is 1. The van der Waals surface area contributed by atoms with E-state index in [1.807, 2.05) is 0 Å². The molecule has 14 heavy (non-hydrogen) atoms. The molecule has 5 heteroatoms. The van der Waals surface area contributed by atoms with Crippen LogP contribution >= 0.6 is 15.9 Å². The number of esters is 1. The minimum atomic E-state index is -0.858. The van der Waals surface area contributed by atoms with Crippen molar-refractivity contribution in [1.82, 2.24) is 4.98 Å². The van der Waals surface area contributed by atoms with Gasteiger partial charge in [-0.1, -0.05) is 6.07 Å². The summed E-state index contributed by atoms with van der Waals surface area (Å²) >= 11 is 3.17. The van der Waals surface area contributed by atoms with Gasteiger partial charge in [0.15, 0.2) is 0 Å². The van der Waals surface area contributed by atoms with Crippen molar-refractivity contribution in [2.45, 2.75) is 12.5 Å². The third-order valence-electron chi connectivity index (χ3n) is 1.72. The Labute approximate surface area is 90.0 Å². The van der Waals surface area contributed by atoms with Crippen LogP contribution in [-0.4, -0.2) is 23.2 Å². The summed E-state index contributed by atoms with van der Waals surface area (Å²) in [4.78, 5) is 14.8. The maximum Gasteiger partial charge on any atom is 0.308 e. The molecule has 1 heterocycles. The third kappa shape index (κ3) is 3.08. The molecule has 0 radical (unpaired) electrons. The van der Waals surface area contributed by atoms with Crippen molar-refractivity contribution in [1.29, 1.82) is 0 Å². The van der Waals surface area contributed by atoms with E-state index < -0.39 is 12.1 Å². The largest absolute Gasteiger partial charge is 0.469 e. The van der Waals surface area contributed by atoms with E-state index in [0.29, 0.717) is 10.2 Å². The predicted octanol–water partition coefficient (Wildman–Crippen LogP) is 1.44. The summed E-state index contributed by atoms with van der Waals surface area (Å²) in [5.74, 6) is -0.444. The van der Waals surface area contributed by atoms with E-state index in [4.69, 9.17) is 0 Å². The van der Waals surface area contributed by atoms with Crippen LogP contribution in [0.25, 0.3) is 0 Å². The lowest BCUT2D eigenvalue weighted by Crippen LogP contribution is -2.08. The highest BCUT2D eigenvalue weighted by molar-refractivity contribution is 9.10. The first kappa shape index (κ1) is 11.1.